The lowest BCUT2D eigenvalue weighted by atomic mass is 9.98. The minimum Gasteiger partial charge on any atom is -0.444 e. The van der Waals surface area contributed by atoms with Crippen molar-refractivity contribution < 1.29 is 19.2 Å². The SMILES string of the molecule is CC(CCNC(=O)OC(C)(C)C)N1CCC(N2C(=O)N(c3ccccc3[N+](=O)[O-])CC2c2ccccc2)CC1. The summed E-state index contributed by atoms with van der Waals surface area (Å²) in [6.07, 6.45) is 2.01. The third kappa shape index (κ3) is 6.86. The highest BCUT2D eigenvalue weighted by atomic mass is 16.6. The number of amides is 3. The molecule has 210 valence electrons. The van der Waals surface area contributed by atoms with E-state index in [1.807, 2.05) is 56.0 Å². The van der Waals surface area contributed by atoms with Crippen LogP contribution in [0.25, 0.3) is 0 Å². The van der Waals surface area contributed by atoms with Crippen LogP contribution in [0.3, 0.4) is 0 Å². The molecule has 0 saturated carbocycles. The number of benzene rings is 2. The number of rotatable bonds is 8. The highest BCUT2D eigenvalue weighted by molar-refractivity contribution is 5.97. The maximum absolute atomic E-state index is 13.8. The zero-order chi connectivity index (χ0) is 28.2. The number of carbonyl (C=O) groups excluding carboxylic acids is 2. The van der Waals surface area contributed by atoms with Gasteiger partial charge in [0.2, 0.25) is 0 Å². The molecular formula is C29H39N5O5. The van der Waals surface area contributed by atoms with Gasteiger partial charge >= 0.3 is 12.1 Å². The second-order valence-corrected chi connectivity index (χ2v) is 11.3. The van der Waals surface area contributed by atoms with Crippen molar-refractivity contribution in [3.05, 3.63) is 70.3 Å². The van der Waals surface area contributed by atoms with Crippen LogP contribution in [0.1, 0.15) is 58.6 Å². The van der Waals surface area contributed by atoms with Gasteiger partial charge in [0.1, 0.15) is 11.3 Å². The molecule has 2 unspecified atom stereocenters. The molecule has 0 spiro atoms. The topological polar surface area (TPSA) is 108 Å². The third-order valence-electron chi connectivity index (χ3n) is 7.44. The van der Waals surface area contributed by atoms with Gasteiger partial charge in [-0.15, -0.1) is 0 Å². The van der Waals surface area contributed by atoms with E-state index in [1.54, 1.807) is 23.1 Å². The van der Waals surface area contributed by atoms with Crippen LogP contribution in [0.4, 0.5) is 21.0 Å². The monoisotopic (exact) mass is 537 g/mol. The summed E-state index contributed by atoms with van der Waals surface area (Å²) in [5.41, 5.74) is 0.766. The average Bonchev–Trinajstić information content (AvgIpc) is 3.25. The molecule has 2 saturated heterocycles. The Labute approximate surface area is 230 Å². The first kappa shape index (κ1) is 28.4. The molecule has 10 heteroatoms. The number of urea groups is 1. The summed E-state index contributed by atoms with van der Waals surface area (Å²) in [5.74, 6) is 0. The molecule has 2 aliphatic heterocycles. The van der Waals surface area contributed by atoms with Crippen LogP contribution in [0, 0.1) is 10.1 Å². The number of carbonyl (C=O) groups is 2. The Morgan fingerprint density at radius 3 is 2.38 bits per heavy atom. The Bertz CT molecular complexity index is 1160. The fourth-order valence-corrected chi connectivity index (χ4v) is 5.50. The van der Waals surface area contributed by atoms with Gasteiger partial charge in [0.25, 0.3) is 5.69 Å². The Hall–Kier alpha value is -3.66. The quantitative estimate of drug-likeness (QED) is 0.359. The van der Waals surface area contributed by atoms with E-state index in [9.17, 15) is 19.7 Å². The first-order valence-electron chi connectivity index (χ1n) is 13.6. The number of likely N-dealkylation sites (tertiary alicyclic amines) is 1. The number of alkyl carbamates (subject to hydrolysis) is 1. The van der Waals surface area contributed by atoms with Crippen LogP contribution in [0.15, 0.2) is 54.6 Å². The summed E-state index contributed by atoms with van der Waals surface area (Å²) in [5, 5.41) is 14.5. The van der Waals surface area contributed by atoms with E-state index in [4.69, 9.17) is 4.74 Å². The maximum atomic E-state index is 13.8. The Morgan fingerprint density at radius 1 is 1.10 bits per heavy atom. The van der Waals surface area contributed by atoms with Gasteiger partial charge in [-0.2, -0.15) is 0 Å². The third-order valence-corrected chi connectivity index (χ3v) is 7.44. The lowest BCUT2D eigenvalue weighted by molar-refractivity contribution is -0.384. The fourth-order valence-electron chi connectivity index (χ4n) is 5.50. The molecule has 1 N–H and O–H groups in total. The lowest BCUT2D eigenvalue weighted by Gasteiger charge is -2.41. The molecular weight excluding hydrogens is 498 g/mol. The van der Waals surface area contributed by atoms with Crippen molar-refractivity contribution in [2.45, 2.75) is 70.7 Å². The van der Waals surface area contributed by atoms with Gasteiger partial charge in [0.05, 0.1) is 17.5 Å². The number of anilines is 1. The van der Waals surface area contributed by atoms with E-state index in [0.717, 1.165) is 37.9 Å². The number of piperidine rings is 1. The Kier molecular flexibility index (Phi) is 8.74. The van der Waals surface area contributed by atoms with E-state index in [2.05, 4.69) is 17.1 Å². The average molecular weight is 538 g/mol. The fraction of sp³-hybridized carbons (Fsp3) is 0.517. The number of hydrogen-bond acceptors (Lipinski definition) is 6. The first-order chi connectivity index (χ1) is 18.5. The summed E-state index contributed by atoms with van der Waals surface area (Å²) in [7, 11) is 0. The predicted molar refractivity (Wildman–Crippen MR) is 150 cm³/mol. The Morgan fingerprint density at radius 2 is 1.74 bits per heavy atom. The summed E-state index contributed by atoms with van der Waals surface area (Å²) in [4.78, 5) is 43.0. The van der Waals surface area contributed by atoms with Crippen molar-refractivity contribution in [2.24, 2.45) is 0 Å². The first-order valence-corrected chi connectivity index (χ1v) is 13.6. The minimum absolute atomic E-state index is 0.0267. The van der Waals surface area contributed by atoms with E-state index < -0.39 is 16.6 Å². The van der Waals surface area contributed by atoms with Crippen molar-refractivity contribution in [1.82, 2.24) is 15.1 Å². The van der Waals surface area contributed by atoms with Crippen LogP contribution >= 0.6 is 0 Å². The molecule has 3 amide bonds. The zero-order valence-electron chi connectivity index (χ0n) is 23.2. The molecule has 2 atom stereocenters. The highest BCUT2D eigenvalue weighted by Crippen LogP contribution is 2.39. The molecule has 0 aromatic heterocycles. The van der Waals surface area contributed by atoms with Crippen molar-refractivity contribution in [3.8, 4) is 0 Å². The van der Waals surface area contributed by atoms with Crippen LogP contribution in [0.5, 0.6) is 0 Å². The number of nitro benzene ring substituents is 1. The molecule has 2 aromatic rings. The van der Waals surface area contributed by atoms with Gasteiger partial charge in [0, 0.05) is 37.8 Å². The molecule has 4 rings (SSSR count). The second kappa shape index (κ2) is 12.0. The van der Waals surface area contributed by atoms with Crippen LogP contribution < -0.4 is 10.2 Å². The minimum atomic E-state index is -0.525. The molecule has 39 heavy (non-hydrogen) atoms. The van der Waals surface area contributed by atoms with Crippen molar-refractivity contribution in [2.75, 3.05) is 31.1 Å². The standard InChI is InChI=1S/C29H39N5O5/c1-21(14-17-30-27(35)39-29(2,3)4)31-18-15-23(16-19-31)33-26(22-10-6-5-7-11-22)20-32(28(33)36)24-12-8-9-13-25(24)34(37)38/h5-13,21,23,26H,14-20H2,1-4H3,(H,30,35). The van der Waals surface area contributed by atoms with Crippen LogP contribution in [-0.2, 0) is 4.74 Å². The summed E-state index contributed by atoms with van der Waals surface area (Å²) in [6.45, 7) is 10.2. The van der Waals surface area contributed by atoms with Gasteiger partial charge in [-0.25, -0.2) is 9.59 Å². The molecule has 0 aliphatic carbocycles. The van der Waals surface area contributed by atoms with E-state index in [1.165, 1.54) is 6.07 Å². The van der Waals surface area contributed by atoms with Crippen LogP contribution in [-0.4, -0.2) is 70.7 Å². The largest absolute Gasteiger partial charge is 0.444 e. The number of hydrogen-bond donors (Lipinski definition) is 1. The summed E-state index contributed by atoms with van der Waals surface area (Å²) >= 11 is 0. The van der Waals surface area contributed by atoms with E-state index in [-0.39, 0.29) is 29.8 Å². The molecule has 2 aliphatic rings. The number of nitrogens with one attached hydrogen (secondary N) is 1. The number of nitrogens with zero attached hydrogens (tertiary/aromatic N) is 4. The van der Waals surface area contributed by atoms with E-state index in [0.29, 0.717) is 18.8 Å². The second-order valence-electron chi connectivity index (χ2n) is 11.3. The summed E-state index contributed by atoms with van der Waals surface area (Å²) in [6, 6.07) is 16.3. The summed E-state index contributed by atoms with van der Waals surface area (Å²) < 4.78 is 5.31. The smallest absolute Gasteiger partial charge is 0.407 e. The number of ether oxygens (including phenoxy) is 1. The molecule has 0 radical (unpaired) electrons. The molecule has 0 bridgehead atoms. The Balaban J connectivity index is 1.42. The van der Waals surface area contributed by atoms with Crippen molar-refractivity contribution in [3.63, 3.8) is 0 Å². The van der Waals surface area contributed by atoms with Gasteiger partial charge in [-0.1, -0.05) is 42.5 Å². The maximum Gasteiger partial charge on any atom is 0.407 e. The van der Waals surface area contributed by atoms with Crippen molar-refractivity contribution >= 4 is 23.5 Å². The molecule has 2 fully saturated rings. The van der Waals surface area contributed by atoms with Gasteiger partial charge in [-0.05, 0) is 58.6 Å². The molecule has 2 heterocycles. The predicted octanol–water partition coefficient (Wildman–Crippen LogP) is 5.35. The van der Waals surface area contributed by atoms with E-state index >= 15 is 0 Å². The molecule has 10 nitrogen and oxygen atoms in total. The number of nitro groups is 1. The van der Waals surface area contributed by atoms with Crippen LogP contribution in [0.2, 0.25) is 0 Å². The van der Waals surface area contributed by atoms with Crippen molar-refractivity contribution in [1.29, 1.82) is 0 Å². The highest BCUT2D eigenvalue weighted by Gasteiger charge is 2.45. The van der Waals surface area contributed by atoms with Gasteiger partial charge in [-0.3, -0.25) is 15.0 Å². The zero-order valence-corrected chi connectivity index (χ0v) is 23.2. The molecule has 2 aromatic carbocycles. The number of para-hydroxylation sites is 2. The normalized spacial score (nSPS) is 19.7. The van der Waals surface area contributed by atoms with Gasteiger partial charge < -0.3 is 19.9 Å². The lowest BCUT2D eigenvalue weighted by Crippen LogP contribution is -2.49. The van der Waals surface area contributed by atoms with Gasteiger partial charge in [0.15, 0.2) is 0 Å².